The highest BCUT2D eigenvalue weighted by Crippen LogP contribution is 2.24. The van der Waals surface area contributed by atoms with Gasteiger partial charge in [0.05, 0.1) is 11.1 Å². The summed E-state index contributed by atoms with van der Waals surface area (Å²) < 4.78 is 0. The Morgan fingerprint density at radius 1 is 1.37 bits per heavy atom. The Bertz CT molecular complexity index is 642. The largest absolute Gasteiger partial charge is 0.404 e. The van der Waals surface area contributed by atoms with Crippen molar-refractivity contribution in [3.8, 4) is 0 Å². The van der Waals surface area contributed by atoms with Gasteiger partial charge in [0, 0.05) is 31.0 Å². The van der Waals surface area contributed by atoms with Crippen LogP contribution < -0.4 is 5.73 Å². The molecule has 1 aromatic heterocycles. The molecule has 2 rings (SSSR count). The van der Waals surface area contributed by atoms with Gasteiger partial charge in [-0.25, -0.2) is 9.97 Å². The van der Waals surface area contributed by atoms with Crippen LogP contribution in [0.25, 0.3) is 16.5 Å². The first kappa shape index (κ1) is 13.2. The van der Waals surface area contributed by atoms with Crippen molar-refractivity contribution in [1.29, 1.82) is 0 Å². The minimum atomic E-state index is 0.444. The Morgan fingerprint density at radius 3 is 2.79 bits per heavy atom. The molecule has 4 nitrogen and oxygen atoms in total. The fraction of sp³-hybridized carbons (Fsp3) is 0.267. The fourth-order valence-electron chi connectivity index (χ4n) is 2.03. The van der Waals surface area contributed by atoms with Gasteiger partial charge in [-0.2, -0.15) is 0 Å². The van der Waals surface area contributed by atoms with Crippen LogP contribution in [0.15, 0.2) is 35.6 Å². The molecule has 2 N–H and O–H groups in total. The molecule has 0 saturated carbocycles. The molecule has 0 saturated heterocycles. The zero-order valence-corrected chi connectivity index (χ0v) is 11.5. The summed E-state index contributed by atoms with van der Waals surface area (Å²) in [7, 11) is 1.70. The molecule has 0 aliphatic heterocycles. The van der Waals surface area contributed by atoms with Gasteiger partial charge in [0.15, 0.2) is 5.82 Å². The number of aliphatic imine (C=N–C) groups is 1. The predicted molar refractivity (Wildman–Crippen MR) is 80.2 cm³/mol. The highest BCUT2D eigenvalue weighted by atomic mass is 14.9. The fourth-order valence-corrected chi connectivity index (χ4v) is 2.03. The predicted octanol–water partition coefficient (Wildman–Crippen LogP) is 2.75. The lowest BCUT2D eigenvalue weighted by atomic mass is 9.99. The van der Waals surface area contributed by atoms with E-state index in [4.69, 9.17) is 5.73 Å². The molecule has 0 aliphatic rings. The molecule has 0 radical (unpaired) electrons. The van der Waals surface area contributed by atoms with Crippen molar-refractivity contribution in [2.45, 2.75) is 19.8 Å². The Kier molecular flexibility index (Phi) is 3.90. The highest BCUT2D eigenvalue weighted by molar-refractivity contribution is 6.08. The molecule has 0 aliphatic carbocycles. The number of rotatable bonds is 3. The smallest absolute Gasteiger partial charge is 0.162 e. The zero-order valence-electron chi connectivity index (χ0n) is 11.5. The van der Waals surface area contributed by atoms with Crippen LogP contribution >= 0.6 is 0 Å². The van der Waals surface area contributed by atoms with E-state index < -0.39 is 0 Å². The average molecular weight is 254 g/mol. The highest BCUT2D eigenvalue weighted by Gasteiger charge is 2.08. The summed E-state index contributed by atoms with van der Waals surface area (Å²) >= 11 is 0. The van der Waals surface area contributed by atoms with Crippen LogP contribution in [0.2, 0.25) is 0 Å². The van der Waals surface area contributed by atoms with Gasteiger partial charge in [-0.05, 0) is 17.5 Å². The van der Waals surface area contributed by atoms with Gasteiger partial charge in [-0.3, -0.25) is 4.99 Å². The Hall–Kier alpha value is -2.23. The lowest BCUT2D eigenvalue weighted by molar-refractivity contribution is 0.874. The standard InChI is InChI=1S/C15H18N4/c1-10(2)12-5-4-6-14-13(12)9-18-15(19-14)11(7-16)8-17-3/h4-10H,16H2,1-3H3/b11-7+,17-8?. The van der Waals surface area contributed by atoms with Crippen LogP contribution in [0.4, 0.5) is 0 Å². The second-order valence-electron chi connectivity index (χ2n) is 4.64. The van der Waals surface area contributed by atoms with Crippen LogP contribution in [0.1, 0.15) is 31.2 Å². The topological polar surface area (TPSA) is 64.2 Å². The van der Waals surface area contributed by atoms with Gasteiger partial charge in [-0.1, -0.05) is 26.0 Å². The first-order valence-corrected chi connectivity index (χ1v) is 6.27. The van der Waals surface area contributed by atoms with Crippen LogP contribution in [0.5, 0.6) is 0 Å². The SMILES string of the molecule is CN=C/C(=C\N)c1ncc2c(C(C)C)cccc2n1. The molecule has 0 bridgehead atoms. The molecular formula is C15H18N4. The Balaban J connectivity index is 2.59. The molecule has 1 aromatic carbocycles. The zero-order chi connectivity index (χ0) is 13.8. The molecule has 0 spiro atoms. The normalized spacial score (nSPS) is 12.7. The van der Waals surface area contributed by atoms with E-state index in [1.54, 1.807) is 13.3 Å². The number of hydrogen-bond acceptors (Lipinski definition) is 4. The maximum atomic E-state index is 5.58. The maximum Gasteiger partial charge on any atom is 0.162 e. The molecule has 0 atom stereocenters. The second kappa shape index (κ2) is 5.61. The van der Waals surface area contributed by atoms with Gasteiger partial charge in [0.25, 0.3) is 0 Å². The molecule has 1 heterocycles. The van der Waals surface area contributed by atoms with E-state index >= 15 is 0 Å². The van der Waals surface area contributed by atoms with Crippen molar-refractivity contribution in [3.05, 3.63) is 42.0 Å². The average Bonchev–Trinajstić information content (AvgIpc) is 2.43. The summed E-state index contributed by atoms with van der Waals surface area (Å²) in [6.07, 6.45) is 4.99. The summed E-state index contributed by atoms with van der Waals surface area (Å²) in [5.74, 6) is 1.04. The summed E-state index contributed by atoms with van der Waals surface area (Å²) in [5.41, 5.74) is 8.49. The second-order valence-corrected chi connectivity index (χ2v) is 4.64. The molecule has 0 unspecified atom stereocenters. The van der Waals surface area contributed by atoms with E-state index in [0.717, 1.165) is 16.5 Å². The van der Waals surface area contributed by atoms with E-state index in [0.29, 0.717) is 11.7 Å². The molecular weight excluding hydrogens is 236 g/mol. The summed E-state index contributed by atoms with van der Waals surface area (Å²) in [6.45, 7) is 4.33. The number of allylic oxidation sites excluding steroid dienone is 1. The van der Waals surface area contributed by atoms with Gasteiger partial charge in [0.2, 0.25) is 0 Å². The van der Waals surface area contributed by atoms with Crippen LogP contribution in [0.3, 0.4) is 0 Å². The first-order chi connectivity index (χ1) is 9.17. The number of aromatic nitrogens is 2. The van der Waals surface area contributed by atoms with Crippen molar-refractivity contribution in [3.63, 3.8) is 0 Å². The Labute approximate surface area is 113 Å². The molecule has 98 valence electrons. The number of benzene rings is 1. The molecule has 0 fully saturated rings. The minimum absolute atomic E-state index is 0.444. The van der Waals surface area contributed by atoms with Crippen LogP contribution in [0, 0.1) is 0 Å². The Morgan fingerprint density at radius 2 is 2.16 bits per heavy atom. The molecule has 4 heteroatoms. The van der Waals surface area contributed by atoms with Crippen molar-refractivity contribution in [1.82, 2.24) is 9.97 Å². The molecule has 0 amide bonds. The first-order valence-electron chi connectivity index (χ1n) is 6.27. The summed E-state index contributed by atoms with van der Waals surface area (Å²) in [4.78, 5) is 12.9. The molecule has 2 aromatic rings. The van der Waals surface area contributed by atoms with E-state index in [2.05, 4.69) is 34.9 Å². The van der Waals surface area contributed by atoms with E-state index in [9.17, 15) is 0 Å². The molecule has 19 heavy (non-hydrogen) atoms. The minimum Gasteiger partial charge on any atom is -0.404 e. The van der Waals surface area contributed by atoms with E-state index in [1.165, 1.54) is 11.8 Å². The van der Waals surface area contributed by atoms with Crippen molar-refractivity contribution < 1.29 is 0 Å². The third kappa shape index (κ3) is 2.62. The number of nitrogens with zero attached hydrogens (tertiary/aromatic N) is 3. The van der Waals surface area contributed by atoms with Crippen LogP contribution in [-0.2, 0) is 0 Å². The number of nitrogens with two attached hydrogens (primary N) is 1. The van der Waals surface area contributed by atoms with Gasteiger partial charge >= 0.3 is 0 Å². The third-order valence-corrected chi connectivity index (χ3v) is 2.99. The van der Waals surface area contributed by atoms with Crippen molar-refractivity contribution >= 4 is 22.7 Å². The quantitative estimate of drug-likeness (QED) is 0.856. The number of fused-ring (bicyclic) bond motifs is 1. The van der Waals surface area contributed by atoms with E-state index in [1.807, 2.05) is 18.3 Å². The summed E-state index contributed by atoms with van der Waals surface area (Å²) in [6, 6.07) is 6.13. The van der Waals surface area contributed by atoms with Gasteiger partial charge in [0.1, 0.15) is 0 Å². The van der Waals surface area contributed by atoms with Gasteiger partial charge in [-0.15, -0.1) is 0 Å². The number of hydrogen-bond donors (Lipinski definition) is 1. The summed E-state index contributed by atoms with van der Waals surface area (Å²) in [5, 5.41) is 1.09. The maximum absolute atomic E-state index is 5.58. The third-order valence-electron chi connectivity index (χ3n) is 2.99. The van der Waals surface area contributed by atoms with Crippen molar-refractivity contribution in [2.75, 3.05) is 7.05 Å². The lowest BCUT2D eigenvalue weighted by Crippen LogP contribution is -2.00. The van der Waals surface area contributed by atoms with Crippen molar-refractivity contribution in [2.24, 2.45) is 10.7 Å². The lowest BCUT2D eigenvalue weighted by Gasteiger charge is -2.09. The van der Waals surface area contributed by atoms with Gasteiger partial charge < -0.3 is 5.73 Å². The van der Waals surface area contributed by atoms with E-state index in [-0.39, 0.29) is 0 Å². The van der Waals surface area contributed by atoms with Crippen LogP contribution in [-0.4, -0.2) is 23.2 Å². The monoisotopic (exact) mass is 254 g/mol.